The lowest BCUT2D eigenvalue weighted by molar-refractivity contribution is -0.0478. The third-order valence-corrected chi connectivity index (χ3v) is 3.40. The Morgan fingerprint density at radius 1 is 1.41 bits per heavy atom. The predicted octanol–water partition coefficient (Wildman–Crippen LogP) is 1.86. The first-order valence-corrected chi connectivity index (χ1v) is 6.13. The SMILES string of the molecule is CC(C)(C)OC(=O)N1C2CCC1[C@H](F)[C@@H](O)C2. The first kappa shape index (κ1) is 12.6. The number of nitrogens with zero attached hydrogens (tertiary/aromatic N) is 1. The molecule has 0 saturated carbocycles. The molecule has 0 aromatic carbocycles. The van der Waals surface area contributed by atoms with Crippen LogP contribution in [-0.4, -0.2) is 46.1 Å². The summed E-state index contributed by atoms with van der Waals surface area (Å²) in [6, 6.07) is -0.588. The molecule has 0 aromatic rings. The standard InChI is InChI=1S/C12H20FNO3/c1-12(2,3)17-11(16)14-7-4-5-8(14)10(13)9(15)6-7/h7-10,15H,4-6H2,1-3H3/t7?,8?,9-,10-/m0/s1. The van der Waals surface area contributed by atoms with Crippen molar-refractivity contribution >= 4 is 6.09 Å². The maximum absolute atomic E-state index is 13.8. The van der Waals surface area contributed by atoms with Gasteiger partial charge in [0.15, 0.2) is 0 Å². The van der Waals surface area contributed by atoms with E-state index in [2.05, 4.69) is 0 Å². The summed E-state index contributed by atoms with van der Waals surface area (Å²) in [6.45, 7) is 5.37. The summed E-state index contributed by atoms with van der Waals surface area (Å²) in [4.78, 5) is 13.5. The predicted molar refractivity (Wildman–Crippen MR) is 60.4 cm³/mol. The molecular weight excluding hydrogens is 225 g/mol. The van der Waals surface area contributed by atoms with Crippen LogP contribution in [-0.2, 0) is 4.74 Å². The van der Waals surface area contributed by atoms with Gasteiger partial charge in [-0.2, -0.15) is 0 Å². The molecule has 2 heterocycles. The normalized spacial score (nSPS) is 37.1. The first-order valence-electron chi connectivity index (χ1n) is 6.13. The van der Waals surface area contributed by atoms with Gasteiger partial charge in [0.25, 0.3) is 0 Å². The number of alkyl halides is 1. The third-order valence-electron chi connectivity index (χ3n) is 3.40. The van der Waals surface area contributed by atoms with Crippen LogP contribution in [0.2, 0.25) is 0 Å². The average molecular weight is 245 g/mol. The van der Waals surface area contributed by atoms with Gasteiger partial charge < -0.3 is 9.84 Å². The van der Waals surface area contributed by atoms with Crippen LogP contribution in [0.4, 0.5) is 9.18 Å². The zero-order chi connectivity index (χ0) is 12.8. The lowest BCUT2D eigenvalue weighted by Crippen LogP contribution is -2.55. The summed E-state index contributed by atoms with van der Waals surface area (Å²) in [5.41, 5.74) is -0.571. The molecule has 2 unspecified atom stereocenters. The van der Waals surface area contributed by atoms with E-state index in [-0.39, 0.29) is 6.04 Å². The number of ether oxygens (including phenoxy) is 1. The van der Waals surface area contributed by atoms with E-state index < -0.39 is 30.0 Å². The number of hydrogen-bond acceptors (Lipinski definition) is 3. The van der Waals surface area contributed by atoms with Crippen molar-refractivity contribution in [2.75, 3.05) is 0 Å². The van der Waals surface area contributed by atoms with Crippen LogP contribution < -0.4 is 0 Å². The summed E-state index contributed by atoms with van der Waals surface area (Å²) in [5.74, 6) is 0. The Morgan fingerprint density at radius 2 is 2.06 bits per heavy atom. The molecular formula is C12H20FNO3. The highest BCUT2D eigenvalue weighted by Crippen LogP contribution is 2.38. The first-order chi connectivity index (χ1) is 7.79. The molecule has 0 spiro atoms. The Labute approximate surface area is 101 Å². The van der Waals surface area contributed by atoms with Gasteiger partial charge in [-0.1, -0.05) is 0 Å². The summed E-state index contributed by atoms with van der Waals surface area (Å²) in [7, 11) is 0. The number of fused-ring (bicyclic) bond motifs is 2. The quantitative estimate of drug-likeness (QED) is 0.708. The topological polar surface area (TPSA) is 49.8 Å². The van der Waals surface area contributed by atoms with Crippen LogP contribution >= 0.6 is 0 Å². The van der Waals surface area contributed by atoms with E-state index in [4.69, 9.17) is 4.74 Å². The zero-order valence-corrected chi connectivity index (χ0v) is 10.5. The smallest absolute Gasteiger partial charge is 0.410 e. The molecule has 98 valence electrons. The number of amides is 1. The van der Waals surface area contributed by atoms with E-state index in [1.165, 1.54) is 4.90 Å². The lowest BCUT2D eigenvalue weighted by atomic mass is 9.98. The Kier molecular flexibility index (Phi) is 3.06. The van der Waals surface area contributed by atoms with Crippen LogP contribution in [0.1, 0.15) is 40.0 Å². The second-order valence-corrected chi connectivity index (χ2v) is 5.93. The van der Waals surface area contributed by atoms with E-state index in [1.54, 1.807) is 20.8 Å². The average Bonchev–Trinajstić information content (AvgIpc) is 2.51. The molecule has 2 aliphatic heterocycles. The Bertz CT molecular complexity index is 315. The Balaban J connectivity index is 2.10. The molecule has 0 aliphatic carbocycles. The number of aliphatic hydroxyl groups is 1. The lowest BCUT2D eigenvalue weighted by Gasteiger charge is -2.39. The molecule has 1 N–H and O–H groups in total. The molecule has 2 saturated heterocycles. The number of piperidine rings is 1. The van der Waals surface area contributed by atoms with Gasteiger partial charge in [-0.3, -0.25) is 4.90 Å². The van der Waals surface area contributed by atoms with Crippen molar-refractivity contribution < 1.29 is 19.0 Å². The van der Waals surface area contributed by atoms with Gasteiger partial charge in [-0.15, -0.1) is 0 Å². The van der Waals surface area contributed by atoms with Crippen LogP contribution in [0.5, 0.6) is 0 Å². The summed E-state index contributed by atoms with van der Waals surface area (Å²) >= 11 is 0. The molecule has 0 aromatic heterocycles. The van der Waals surface area contributed by atoms with E-state index in [1.807, 2.05) is 0 Å². The van der Waals surface area contributed by atoms with Crippen LogP contribution in [0, 0.1) is 0 Å². The van der Waals surface area contributed by atoms with Gasteiger partial charge in [0.05, 0.1) is 12.1 Å². The molecule has 2 fully saturated rings. The molecule has 4 nitrogen and oxygen atoms in total. The number of aliphatic hydroxyl groups excluding tert-OH is 1. The Morgan fingerprint density at radius 3 is 2.65 bits per heavy atom. The summed E-state index contributed by atoms with van der Waals surface area (Å²) in [6.07, 6.45) is -1.06. The highest BCUT2D eigenvalue weighted by atomic mass is 19.1. The fourth-order valence-electron chi connectivity index (χ4n) is 2.72. The molecule has 2 rings (SSSR count). The van der Waals surface area contributed by atoms with Gasteiger partial charge in [-0.25, -0.2) is 9.18 Å². The van der Waals surface area contributed by atoms with Gasteiger partial charge >= 0.3 is 6.09 Å². The minimum atomic E-state index is -1.35. The maximum Gasteiger partial charge on any atom is 0.410 e. The van der Waals surface area contributed by atoms with Gasteiger partial charge in [-0.05, 0) is 40.0 Å². The minimum absolute atomic E-state index is 0.0724. The minimum Gasteiger partial charge on any atom is -0.444 e. The van der Waals surface area contributed by atoms with Crippen LogP contribution in [0.15, 0.2) is 0 Å². The van der Waals surface area contributed by atoms with E-state index in [0.717, 1.165) is 6.42 Å². The molecule has 0 radical (unpaired) electrons. The van der Waals surface area contributed by atoms with Crippen molar-refractivity contribution in [3.8, 4) is 0 Å². The van der Waals surface area contributed by atoms with Crippen LogP contribution in [0.25, 0.3) is 0 Å². The van der Waals surface area contributed by atoms with Crippen LogP contribution in [0.3, 0.4) is 0 Å². The maximum atomic E-state index is 13.8. The molecule has 1 amide bonds. The fourth-order valence-corrected chi connectivity index (χ4v) is 2.72. The Hall–Kier alpha value is -0.840. The van der Waals surface area contributed by atoms with Crippen molar-refractivity contribution in [2.45, 2.75) is 70.0 Å². The van der Waals surface area contributed by atoms with E-state index in [9.17, 15) is 14.3 Å². The molecule has 5 heteroatoms. The molecule has 2 aliphatic rings. The number of carbonyl (C=O) groups excluding carboxylic acids is 1. The van der Waals surface area contributed by atoms with Crippen molar-refractivity contribution in [1.29, 1.82) is 0 Å². The largest absolute Gasteiger partial charge is 0.444 e. The molecule has 4 atom stereocenters. The second kappa shape index (κ2) is 4.12. The number of carbonyl (C=O) groups is 1. The van der Waals surface area contributed by atoms with E-state index in [0.29, 0.717) is 12.8 Å². The van der Waals surface area contributed by atoms with Crippen molar-refractivity contribution in [2.24, 2.45) is 0 Å². The number of halogens is 1. The van der Waals surface area contributed by atoms with Crippen molar-refractivity contribution in [3.63, 3.8) is 0 Å². The van der Waals surface area contributed by atoms with Gasteiger partial charge in [0.1, 0.15) is 11.8 Å². The monoisotopic (exact) mass is 245 g/mol. The zero-order valence-electron chi connectivity index (χ0n) is 10.5. The summed E-state index contributed by atoms with van der Waals surface area (Å²) < 4.78 is 19.1. The number of rotatable bonds is 0. The second-order valence-electron chi connectivity index (χ2n) is 5.93. The fraction of sp³-hybridized carbons (Fsp3) is 0.917. The highest BCUT2D eigenvalue weighted by Gasteiger charge is 2.50. The van der Waals surface area contributed by atoms with Crippen molar-refractivity contribution in [3.05, 3.63) is 0 Å². The van der Waals surface area contributed by atoms with Gasteiger partial charge in [0.2, 0.25) is 0 Å². The van der Waals surface area contributed by atoms with Crippen molar-refractivity contribution in [1.82, 2.24) is 4.90 Å². The summed E-state index contributed by atoms with van der Waals surface area (Å²) in [5, 5.41) is 9.54. The van der Waals surface area contributed by atoms with E-state index >= 15 is 0 Å². The molecule has 17 heavy (non-hydrogen) atoms. The third kappa shape index (κ3) is 2.39. The molecule has 2 bridgehead atoms. The highest BCUT2D eigenvalue weighted by molar-refractivity contribution is 5.69. The van der Waals surface area contributed by atoms with Gasteiger partial charge in [0, 0.05) is 6.04 Å². The number of hydrogen-bond donors (Lipinski definition) is 1.